The molecule has 0 aliphatic heterocycles. The Morgan fingerprint density at radius 1 is 0.225 bits per heavy atom. The molecule has 0 saturated carbocycles. The monoisotopic (exact) mass is 1030 g/mol. The van der Waals surface area contributed by atoms with Gasteiger partial charge in [0.25, 0.3) is 0 Å². The van der Waals surface area contributed by atoms with Crippen molar-refractivity contribution in [2.75, 3.05) is 9.80 Å². The first kappa shape index (κ1) is 45.6. The molecule has 0 radical (unpaired) electrons. The molecule has 0 bridgehead atoms. The van der Waals surface area contributed by atoms with Crippen molar-refractivity contribution in [3.05, 3.63) is 266 Å². The third-order valence-electron chi connectivity index (χ3n) is 16.1. The van der Waals surface area contributed by atoms with Crippen LogP contribution in [0, 0.1) is 13.8 Å². The van der Waals surface area contributed by atoms with Crippen LogP contribution in [-0.2, 0) is 0 Å². The summed E-state index contributed by atoms with van der Waals surface area (Å²) in [7, 11) is 0. The van der Waals surface area contributed by atoms with Crippen molar-refractivity contribution in [3.8, 4) is 33.4 Å². The van der Waals surface area contributed by atoms with Gasteiger partial charge in [0, 0.05) is 76.7 Å². The minimum atomic E-state index is 0.818. The molecule has 0 fully saturated rings. The van der Waals surface area contributed by atoms with Crippen molar-refractivity contribution in [2.24, 2.45) is 0 Å². The zero-order valence-corrected chi connectivity index (χ0v) is 43.8. The van der Waals surface area contributed by atoms with Crippen LogP contribution in [-0.4, -0.2) is 0 Å². The molecule has 6 heteroatoms. The molecule has 0 saturated heterocycles. The number of rotatable bonds is 9. The smallest absolute Gasteiger partial charge is 0.159 e. The predicted molar refractivity (Wildman–Crippen MR) is 331 cm³/mol. The molecule has 0 aliphatic rings. The van der Waals surface area contributed by atoms with Gasteiger partial charge in [-0.15, -0.1) is 0 Å². The molecule has 0 aliphatic carbocycles. The van der Waals surface area contributed by atoms with E-state index in [0.29, 0.717) is 0 Å². The highest BCUT2D eigenvalue weighted by Crippen LogP contribution is 2.51. The van der Waals surface area contributed by atoms with E-state index in [4.69, 9.17) is 17.7 Å². The maximum atomic E-state index is 6.83. The van der Waals surface area contributed by atoms with Crippen LogP contribution in [0.4, 0.5) is 34.1 Å². The maximum absolute atomic E-state index is 6.83. The van der Waals surface area contributed by atoms with Crippen LogP contribution < -0.4 is 9.80 Å². The van der Waals surface area contributed by atoms with Gasteiger partial charge in [0.2, 0.25) is 0 Å². The quantitative estimate of drug-likeness (QED) is 0.144. The Morgan fingerprint density at radius 2 is 0.512 bits per heavy atom. The number of anilines is 6. The third kappa shape index (κ3) is 7.05. The molecule has 0 N–H and O–H groups in total. The Kier molecular flexibility index (Phi) is 10.3. The second kappa shape index (κ2) is 18.0. The number of hydrogen-bond acceptors (Lipinski definition) is 6. The number of benzene rings is 12. The Hall–Kier alpha value is -10.6. The van der Waals surface area contributed by atoms with Gasteiger partial charge in [-0.1, -0.05) is 182 Å². The van der Waals surface area contributed by atoms with Crippen molar-refractivity contribution < 1.29 is 17.7 Å². The normalized spacial score (nSPS) is 11.9. The Labute approximate surface area is 460 Å². The summed E-state index contributed by atoms with van der Waals surface area (Å²) >= 11 is 0. The van der Waals surface area contributed by atoms with Gasteiger partial charge in [0.1, 0.15) is 33.5 Å². The van der Waals surface area contributed by atoms with Crippen LogP contribution >= 0.6 is 0 Å². The SMILES string of the molecule is Cc1cc(-c2ccc(N(c3ccccc3-c3cccc4c3oc3ccccc34)c3cccc4c3oc3ccccc34)c(C)c2)ccc1N(c1ccccc1-c1cccc2c1oc1ccccc12)c1cccc2c1oc1ccccc12. The zero-order chi connectivity index (χ0) is 53.0. The summed E-state index contributed by atoms with van der Waals surface area (Å²) in [6.45, 7) is 4.42. The minimum Gasteiger partial charge on any atom is -0.455 e. The van der Waals surface area contributed by atoms with Crippen LogP contribution in [0.25, 0.3) is 121 Å². The van der Waals surface area contributed by atoms with Gasteiger partial charge >= 0.3 is 0 Å². The number of hydrogen-bond donors (Lipinski definition) is 0. The Bertz CT molecular complexity index is 4820. The highest BCUT2D eigenvalue weighted by Gasteiger charge is 2.27. The van der Waals surface area contributed by atoms with Gasteiger partial charge in [-0.05, 0) is 109 Å². The highest BCUT2D eigenvalue weighted by molar-refractivity contribution is 6.15. The molecular weight excluding hydrogens is 981 g/mol. The van der Waals surface area contributed by atoms with E-state index in [0.717, 1.165) is 166 Å². The van der Waals surface area contributed by atoms with Crippen molar-refractivity contribution in [1.29, 1.82) is 0 Å². The van der Waals surface area contributed by atoms with Gasteiger partial charge in [-0.3, -0.25) is 0 Å². The lowest BCUT2D eigenvalue weighted by atomic mass is 9.96. The lowest BCUT2D eigenvalue weighted by Gasteiger charge is -2.30. The summed E-state index contributed by atoms with van der Waals surface area (Å²) in [6, 6.07) is 89.9. The molecular formula is C74H48N2O4. The highest BCUT2D eigenvalue weighted by atomic mass is 16.3. The van der Waals surface area contributed by atoms with E-state index in [1.54, 1.807) is 0 Å². The van der Waals surface area contributed by atoms with Crippen LogP contribution in [0.5, 0.6) is 0 Å². The lowest BCUT2D eigenvalue weighted by molar-refractivity contribution is 0.668. The predicted octanol–water partition coefficient (Wildman–Crippen LogP) is 21.8. The second-order valence-corrected chi connectivity index (χ2v) is 20.8. The molecule has 0 atom stereocenters. The minimum absolute atomic E-state index is 0.818. The molecule has 4 aromatic heterocycles. The summed E-state index contributed by atoms with van der Waals surface area (Å²) in [5.74, 6) is 0. The third-order valence-corrected chi connectivity index (χ3v) is 16.1. The fourth-order valence-electron chi connectivity index (χ4n) is 12.5. The van der Waals surface area contributed by atoms with Crippen LogP contribution in [0.1, 0.15) is 11.1 Å². The number of para-hydroxylation sites is 10. The molecule has 0 amide bonds. The topological polar surface area (TPSA) is 59.0 Å². The Morgan fingerprint density at radius 3 is 0.900 bits per heavy atom. The molecule has 16 aromatic rings. The fraction of sp³-hybridized carbons (Fsp3) is 0.0270. The fourth-order valence-corrected chi connectivity index (χ4v) is 12.5. The molecule has 0 spiro atoms. The van der Waals surface area contributed by atoms with E-state index < -0.39 is 0 Å². The van der Waals surface area contributed by atoms with Crippen LogP contribution in [0.3, 0.4) is 0 Å². The van der Waals surface area contributed by atoms with Crippen molar-refractivity contribution in [1.82, 2.24) is 0 Å². The maximum Gasteiger partial charge on any atom is 0.159 e. The van der Waals surface area contributed by atoms with Crippen molar-refractivity contribution in [3.63, 3.8) is 0 Å². The summed E-state index contributed by atoms with van der Waals surface area (Å²) in [4.78, 5) is 4.74. The number of fused-ring (bicyclic) bond motifs is 12. The lowest BCUT2D eigenvalue weighted by Crippen LogP contribution is -2.13. The number of aryl methyl sites for hydroxylation is 2. The van der Waals surface area contributed by atoms with Crippen molar-refractivity contribution in [2.45, 2.75) is 13.8 Å². The summed E-state index contributed by atoms with van der Waals surface area (Å²) in [5, 5.41) is 8.64. The molecule has 16 rings (SSSR count). The molecule has 4 heterocycles. The molecule has 12 aromatic carbocycles. The van der Waals surface area contributed by atoms with Crippen LogP contribution in [0.2, 0.25) is 0 Å². The van der Waals surface area contributed by atoms with E-state index in [1.165, 1.54) is 0 Å². The van der Waals surface area contributed by atoms with E-state index in [-0.39, 0.29) is 0 Å². The number of nitrogens with zero attached hydrogens (tertiary/aromatic N) is 2. The van der Waals surface area contributed by atoms with Gasteiger partial charge in [-0.2, -0.15) is 0 Å². The van der Waals surface area contributed by atoms with E-state index in [2.05, 4.69) is 230 Å². The molecule has 6 nitrogen and oxygen atoms in total. The van der Waals surface area contributed by atoms with Gasteiger partial charge in [0.05, 0.1) is 22.7 Å². The van der Waals surface area contributed by atoms with Crippen LogP contribution in [0.15, 0.2) is 272 Å². The molecule has 378 valence electrons. The first-order valence-electron chi connectivity index (χ1n) is 27.1. The second-order valence-electron chi connectivity index (χ2n) is 20.8. The summed E-state index contributed by atoms with van der Waals surface area (Å²) in [6.07, 6.45) is 0. The van der Waals surface area contributed by atoms with E-state index in [9.17, 15) is 0 Å². The average Bonchev–Trinajstić information content (AvgIpc) is 4.35. The van der Waals surface area contributed by atoms with Gasteiger partial charge < -0.3 is 27.5 Å². The van der Waals surface area contributed by atoms with Gasteiger partial charge in [0.15, 0.2) is 11.2 Å². The van der Waals surface area contributed by atoms with E-state index in [1.807, 2.05) is 48.5 Å². The number of furan rings is 4. The zero-order valence-electron chi connectivity index (χ0n) is 43.8. The van der Waals surface area contributed by atoms with Crippen molar-refractivity contribution >= 4 is 122 Å². The Balaban J connectivity index is 0.855. The molecule has 80 heavy (non-hydrogen) atoms. The van der Waals surface area contributed by atoms with E-state index >= 15 is 0 Å². The first-order valence-corrected chi connectivity index (χ1v) is 27.1. The largest absolute Gasteiger partial charge is 0.455 e. The summed E-state index contributed by atoms with van der Waals surface area (Å²) < 4.78 is 27.1. The van der Waals surface area contributed by atoms with Gasteiger partial charge in [-0.25, -0.2) is 0 Å². The standard InChI is InChI=1S/C74H48N2O4/c1-45-43-47(39-41-61(45)75(65-33-17-29-59-53-23-7-13-37-69(53)79-73(59)65)63-31-9-3-19-49(63)55-25-15-27-57-51-21-5-11-35-67(51)77-71(55)57)48-40-42-62(46(2)44-48)76(66-34-18-30-60-54-24-8-14-38-70(54)80-74(60)66)64-32-10-4-20-50(64)56-26-16-28-58-52-22-6-12-36-68(52)78-72(56)58/h3-44H,1-2H3. The first-order chi connectivity index (χ1) is 39.5. The average molecular weight is 1030 g/mol. The molecule has 0 unspecified atom stereocenters. The summed E-state index contributed by atoms with van der Waals surface area (Å²) in [5.41, 5.74) is 21.2.